The average Bonchev–Trinajstić information content (AvgIpc) is 2.67. The molecule has 0 aromatic heterocycles. The van der Waals surface area contributed by atoms with Gasteiger partial charge in [-0.05, 0) is 43.5 Å². The van der Waals surface area contributed by atoms with Crippen molar-refractivity contribution in [1.29, 1.82) is 0 Å². The number of carbonyl (C=O) groups excluding carboxylic acids is 1. The van der Waals surface area contributed by atoms with Gasteiger partial charge in [-0.15, -0.1) is 0 Å². The molecule has 2 N–H and O–H groups in total. The van der Waals surface area contributed by atoms with Crippen molar-refractivity contribution < 1.29 is 4.79 Å². The lowest BCUT2D eigenvalue weighted by Crippen LogP contribution is -2.31. The summed E-state index contributed by atoms with van der Waals surface area (Å²) in [5, 5.41) is 0. The van der Waals surface area contributed by atoms with Gasteiger partial charge in [0.1, 0.15) is 0 Å². The predicted octanol–water partition coefficient (Wildman–Crippen LogP) is 2.06. The smallest absolute Gasteiger partial charge is 0.320 e. The average molecular weight is 261 g/mol. The topological polar surface area (TPSA) is 49.6 Å². The first-order valence-electron chi connectivity index (χ1n) is 6.83. The van der Waals surface area contributed by atoms with Gasteiger partial charge < -0.3 is 15.5 Å². The van der Waals surface area contributed by atoms with Crippen molar-refractivity contribution in [1.82, 2.24) is 9.80 Å². The maximum atomic E-state index is 12.2. The van der Waals surface area contributed by atoms with Crippen LogP contribution in [0.5, 0.6) is 0 Å². The van der Waals surface area contributed by atoms with E-state index in [-0.39, 0.29) is 12.1 Å². The minimum Gasteiger partial charge on any atom is -0.330 e. The zero-order valence-electron chi connectivity index (χ0n) is 12.0. The molecule has 0 aliphatic carbocycles. The first-order valence-corrected chi connectivity index (χ1v) is 6.83. The van der Waals surface area contributed by atoms with Crippen LogP contribution in [0, 0.1) is 13.8 Å². The number of urea groups is 1. The molecule has 1 aliphatic heterocycles. The fourth-order valence-corrected chi connectivity index (χ4v) is 2.54. The summed E-state index contributed by atoms with van der Waals surface area (Å²) in [5.41, 5.74) is 9.30. The second-order valence-corrected chi connectivity index (χ2v) is 5.34. The summed E-state index contributed by atoms with van der Waals surface area (Å²) in [6, 6.07) is 6.71. The molecular formula is C15H23N3O. The lowest BCUT2D eigenvalue weighted by molar-refractivity contribution is 0.195. The SMILES string of the molecule is Cc1ccc(C2CN(CCCN)C(=O)N2C)cc1C. The standard InChI is InChI=1S/C15H23N3O/c1-11-5-6-13(9-12(11)2)14-10-18(8-4-7-16)15(19)17(14)3/h5-6,9,14H,4,7-8,10,16H2,1-3H3. The number of nitrogens with two attached hydrogens (primary N) is 1. The molecule has 0 radical (unpaired) electrons. The molecule has 1 atom stereocenters. The normalized spacial score (nSPS) is 19.4. The summed E-state index contributed by atoms with van der Waals surface area (Å²) in [5.74, 6) is 0. The Morgan fingerprint density at radius 1 is 1.32 bits per heavy atom. The maximum absolute atomic E-state index is 12.2. The highest BCUT2D eigenvalue weighted by Crippen LogP contribution is 2.29. The van der Waals surface area contributed by atoms with Crippen LogP contribution in [0.25, 0.3) is 0 Å². The largest absolute Gasteiger partial charge is 0.330 e. The number of aryl methyl sites for hydroxylation is 2. The van der Waals surface area contributed by atoms with Crippen LogP contribution in [0.4, 0.5) is 4.79 Å². The van der Waals surface area contributed by atoms with Gasteiger partial charge in [-0.1, -0.05) is 18.2 Å². The van der Waals surface area contributed by atoms with Crippen LogP contribution >= 0.6 is 0 Å². The minimum absolute atomic E-state index is 0.108. The molecule has 1 aliphatic rings. The maximum Gasteiger partial charge on any atom is 0.320 e. The molecule has 1 aromatic carbocycles. The quantitative estimate of drug-likeness (QED) is 0.902. The number of hydrogen-bond acceptors (Lipinski definition) is 2. The fraction of sp³-hybridized carbons (Fsp3) is 0.533. The van der Waals surface area contributed by atoms with Crippen LogP contribution in [-0.4, -0.2) is 42.5 Å². The Labute approximate surface area is 115 Å². The van der Waals surface area contributed by atoms with E-state index in [1.807, 2.05) is 16.8 Å². The van der Waals surface area contributed by atoms with Gasteiger partial charge in [0.2, 0.25) is 0 Å². The van der Waals surface area contributed by atoms with Crippen molar-refractivity contribution in [2.24, 2.45) is 5.73 Å². The number of amides is 2. The van der Waals surface area contributed by atoms with Gasteiger partial charge in [-0.2, -0.15) is 0 Å². The molecule has 2 amide bonds. The Morgan fingerprint density at radius 2 is 2.05 bits per heavy atom. The van der Waals surface area contributed by atoms with Gasteiger partial charge in [0.25, 0.3) is 0 Å². The van der Waals surface area contributed by atoms with Gasteiger partial charge in [0.05, 0.1) is 6.04 Å². The third-order valence-electron chi connectivity index (χ3n) is 3.98. The van der Waals surface area contributed by atoms with Gasteiger partial charge in [0, 0.05) is 20.1 Å². The predicted molar refractivity (Wildman–Crippen MR) is 77.1 cm³/mol. The molecule has 1 unspecified atom stereocenters. The number of likely N-dealkylation sites (N-methyl/N-ethyl adjacent to an activating group) is 1. The van der Waals surface area contributed by atoms with Crippen molar-refractivity contribution in [3.63, 3.8) is 0 Å². The summed E-state index contributed by atoms with van der Waals surface area (Å²) >= 11 is 0. The zero-order chi connectivity index (χ0) is 14.0. The zero-order valence-corrected chi connectivity index (χ0v) is 12.0. The summed E-state index contributed by atoms with van der Waals surface area (Å²) < 4.78 is 0. The second kappa shape index (κ2) is 5.61. The van der Waals surface area contributed by atoms with Crippen molar-refractivity contribution in [3.05, 3.63) is 34.9 Å². The van der Waals surface area contributed by atoms with Crippen LogP contribution in [0.3, 0.4) is 0 Å². The van der Waals surface area contributed by atoms with Gasteiger partial charge in [0.15, 0.2) is 0 Å². The lowest BCUT2D eigenvalue weighted by atomic mass is 10.0. The van der Waals surface area contributed by atoms with Crippen molar-refractivity contribution in [3.8, 4) is 0 Å². The molecule has 2 rings (SSSR count). The second-order valence-electron chi connectivity index (χ2n) is 5.34. The van der Waals surface area contributed by atoms with Crippen LogP contribution in [0.15, 0.2) is 18.2 Å². The summed E-state index contributed by atoms with van der Waals surface area (Å²) in [7, 11) is 1.88. The Hall–Kier alpha value is -1.55. The molecule has 1 heterocycles. The first-order chi connectivity index (χ1) is 9.04. The van der Waals surface area contributed by atoms with E-state index in [0.717, 1.165) is 19.5 Å². The van der Waals surface area contributed by atoms with E-state index in [9.17, 15) is 4.79 Å². The summed E-state index contributed by atoms with van der Waals surface area (Å²) in [6.07, 6.45) is 0.860. The van der Waals surface area contributed by atoms with E-state index in [2.05, 4.69) is 32.0 Å². The van der Waals surface area contributed by atoms with E-state index in [1.54, 1.807) is 0 Å². The highest BCUT2D eigenvalue weighted by Gasteiger charge is 2.34. The van der Waals surface area contributed by atoms with Gasteiger partial charge >= 0.3 is 6.03 Å². The van der Waals surface area contributed by atoms with Crippen molar-refractivity contribution in [2.45, 2.75) is 26.3 Å². The molecule has 1 fully saturated rings. The molecule has 104 valence electrons. The highest BCUT2D eigenvalue weighted by atomic mass is 16.2. The van der Waals surface area contributed by atoms with E-state index >= 15 is 0 Å². The summed E-state index contributed by atoms with van der Waals surface area (Å²) in [6.45, 7) is 6.36. The molecule has 4 nitrogen and oxygen atoms in total. The Kier molecular flexibility index (Phi) is 4.10. The lowest BCUT2D eigenvalue weighted by Gasteiger charge is -2.19. The minimum atomic E-state index is 0.108. The van der Waals surface area contributed by atoms with Crippen LogP contribution in [0.1, 0.15) is 29.2 Å². The van der Waals surface area contributed by atoms with Gasteiger partial charge in [-0.25, -0.2) is 4.79 Å². The third-order valence-corrected chi connectivity index (χ3v) is 3.98. The van der Waals surface area contributed by atoms with E-state index in [1.165, 1.54) is 16.7 Å². The molecule has 0 bridgehead atoms. The summed E-state index contributed by atoms with van der Waals surface area (Å²) in [4.78, 5) is 15.9. The molecule has 4 heteroatoms. The number of nitrogens with zero attached hydrogens (tertiary/aromatic N) is 2. The molecular weight excluding hydrogens is 238 g/mol. The van der Waals surface area contributed by atoms with Crippen LogP contribution in [0.2, 0.25) is 0 Å². The number of hydrogen-bond donors (Lipinski definition) is 1. The Morgan fingerprint density at radius 3 is 2.68 bits per heavy atom. The molecule has 19 heavy (non-hydrogen) atoms. The molecule has 1 saturated heterocycles. The van der Waals surface area contributed by atoms with Crippen LogP contribution < -0.4 is 5.73 Å². The third kappa shape index (κ3) is 2.73. The van der Waals surface area contributed by atoms with Gasteiger partial charge in [-0.3, -0.25) is 0 Å². The Balaban J connectivity index is 2.16. The van der Waals surface area contributed by atoms with Crippen molar-refractivity contribution >= 4 is 6.03 Å². The molecule has 0 saturated carbocycles. The number of rotatable bonds is 4. The number of carbonyl (C=O) groups is 1. The van der Waals surface area contributed by atoms with Crippen molar-refractivity contribution in [2.75, 3.05) is 26.7 Å². The highest BCUT2D eigenvalue weighted by molar-refractivity contribution is 5.77. The first kappa shape index (κ1) is 13.9. The van der Waals surface area contributed by atoms with E-state index < -0.39 is 0 Å². The fourth-order valence-electron chi connectivity index (χ4n) is 2.54. The monoisotopic (exact) mass is 261 g/mol. The van der Waals surface area contributed by atoms with E-state index in [4.69, 9.17) is 5.73 Å². The molecule has 0 spiro atoms. The van der Waals surface area contributed by atoms with E-state index in [0.29, 0.717) is 6.54 Å². The number of benzene rings is 1. The van der Waals surface area contributed by atoms with Crippen LogP contribution in [-0.2, 0) is 0 Å². The molecule has 1 aromatic rings. The Bertz CT molecular complexity index is 472.